The summed E-state index contributed by atoms with van der Waals surface area (Å²) in [6.07, 6.45) is 0.0756. The molecule has 42 heavy (non-hydrogen) atoms. The molecule has 0 saturated carbocycles. The molecule has 1 fully saturated rings. The zero-order valence-electron chi connectivity index (χ0n) is 21.9. The number of likely N-dealkylation sites (tertiary alicyclic amines) is 1. The minimum Gasteiger partial charge on any atom is -0.323 e. The van der Waals surface area contributed by atoms with Crippen molar-refractivity contribution in [1.82, 2.24) is 4.90 Å². The van der Waals surface area contributed by atoms with E-state index in [9.17, 15) is 14.4 Å². The molecule has 1 N–H and O–H groups in total. The van der Waals surface area contributed by atoms with E-state index < -0.39 is 45.3 Å². The lowest BCUT2D eigenvalue weighted by atomic mass is 9.54. The summed E-state index contributed by atoms with van der Waals surface area (Å²) < 4.78 is 0. The molecule has 0 unspecified atom stereocenters. The predicted molar refractivity (Wildman–Crippen MR) is 164 cm³/mol. The van der Waals surface area contributed by atoms with Gasteiger partial charge in [-0.3, -0.25) is 19.3 Å². The van der Waals surface area contributed by atoms with Crippen LogP contribution in [0.25, 0.3) is 0 Å². The van der Waals surface area contributed by atoms with Crippen LogP contribution in [0, 0.1) is 11.8 Å². The third-order valence-corrected chi connectivity index (χ3v) is 10.8. The van der Waals surface area contributed by atoms with Crippen molar-refractivity contribution >= 4 is 69.8 Å². The summed E-state index contributed by atoms with van der Waals surface area (Å²) in [7, 11) is 0. The Morgan fingerprint density at radius 2 is 1.19 bits per heavy atom. The Labute approximate surface area is 262 Å². The number of amides is 3. The van der Waals surface area contributed by atoms with Crippen LogP contribution in [0.3, 0.4) is 0 Å². The number of benzene rings is 4. The van der Waals surface area contributed by atoms with Crippen LogP contribution in [0.4, 0.5) is 5.69 Å². The molecule has 2 bridgehead atoms. The van der Waals surface area contributed by atoms with Gasteiger partial charge in [0.15, 0.2) is 0 Å². The summed E-state index contributed by atoms with van der Waals surface area (Å²) in [5.41, 5.74) is 3.81. The fraction of sp³-hybridized carbons (Fsp3) is 0.182. The van der Waals surface area contributed by atoms with Gasteiger partial charge in [-0.25, -0.2) is 0 Å². The molecule has 3 atom stereocenters. The lowest BCUT2D eigenvalue weighted by Crippen LogP contribution is -2.57. The molecule has 210 valence electrons. The molecule has 0 spiro atoms. The maximum atomic E-state index is 14.6. The Morgan fingerprint density at radius 3 is 1.69 bits per heavy atom. The Kier molecular flexibility index (Phi) is 6.45. The fourth-order valence-electron chi connectivity index (χ4n) is 6.95. The van der Waals surface area contributed by atoms with Gasteiger partial charge in [0.2, 0.25) is 17.7 Å². The lowest BCUT2D eigenvalue weighted by Gasteiger charge is -2.54. The number of nitrogens with one attached hydrogen (secondary N) is 1. The van der Waals surface area contributed by atoms with Gasteiger partial charge in [-0.05, 0) is 39.9 Å². The zero-order chi connectivity index (χ0) is 29.4. The zero-order valence-corrected chi connectivity index (χ0v) is 24.9. The predicted octanol–water partition coefficient (Wildman–Crippen LogP) is 7.14. The molecular formula is C33H22Cl4N2O3. The second-order valence-electron chi connectivity index (χ2n) is 10.8. The first-order chi connectivity index (χ1) is 20.2. The standard InChI is InChI=1S/C33H22Cl4N2O3/c34-23-15-8-16-24(28(23)35)38-29(40)25(17-18-9-2-1-3-10-18)39-30(41)26-27(31(39)42)33(37)20-12-5-4-11-19(20)32(26,36)21-13-6-7-14-22(21)33/h1-16,25-27H,17H2,(H,38,40)/t25-,26-,27+,32?,33?/m1/s1. The average Bonchev–Trinajstić information content (AvgIpc) is 3.28. The van der Waals surface area contributed by atoms with Gasteiger partial charge >= 0.3 is 0 Å². The van der Waals surface area contributed by atoms with E-state index in [0.717, 1.165) is 10.5 Å². The second kappa shape index (κ2) is 9.85. The Bertz CT molecular complexity index is 1670. The highest BCUT2D eigenvalue weighted by molar-refractivity contribution is 6.44. The average molecular weight is 636 g/mol. The van der Waals surface area contributed by atoms with E-state index in [-0.39, 0.29) is 22.2 Å². The largest absolute Gasteiger partial charge is 0.323 e. The molecule has 0 aromatic heterocycles. The topological polar surface area (TPSA) is 66.5 Å². The number of alkyl halides is 2. The highest BCUT2D eigenvalue weighted by Gasteiger charge is 2.73. The van der Waals surface area contributed by atoms with Crippen LogP contribution >= 0.6 is 46.4 Å². The molecule has 4 aliphatic rings. The first kappa shape index (κ1) is 27.5. The number of halogens is 4. The van der Waals surface area contributed by atoms with Crippen molar-refractivity contribution in [3.63, 3.8) is 0 Å². The normalized spacial score (nSPS) is 26.0. The van der Waals surface area contributed by atoms with Crippen molar-refractivity contribution in [2.24, 2.45) is 11.8 Å². The quantitative estimate of drug-likeness (QED) is 0.187. The molecular weight excluding hydrogens is 614 g/mol. The van der Waals surface area contributed by atoms with Gasteiger partial charge in [0.1, 0.15) is 15.8 Å². The number of nitrogens with zero attached hydrogens (tertiary/aromatic N) is 1. The van der Waals surface area contributed by atoms with Crippen LogP contribution in [-0.4, -0.2) is 28.7 Å². The number of hydrogen-bond acceptors (Lipinski definition) is 3. The van der Waals surface area contributed by atoms with Crippen molar-refractivity contribution in [1.29, 1.82) is 0 Å². The van der Waals surface area contributed by atoms with E-state index >= 15 is 0 Å². The van der Waals surface area contributed by atoms with E-state index in [1.54, 1.807) is 18.2 Å². The van der Waals surface area contributed by atoms with E-state index in [1.807, 2.05) is 78.9 Å². The number of carbonyl (C=O) groups excluding carboxylic acids is 3. The monoisotopic (exact) mass is 634 g/mol. The molecule has 1 aliphatic heterocycles. The van der Waals surface area contributed by atoms with Gasteiger partial charge in [-0.1, -0.05) is 108 Å². The van der Waals surface area contributed by atoms with Crippen LogP contribution in [-0.2, 0) is 30.6 Å². The third-order valence-electron chi connectivity index (χ3n) is 8.72. The highest BCUT2D eigenvalue weighted by Crippen LogP contribution is 2.69. The number of hydrogen-bond donors (Lipinski definition) is 1. The van der Waals surface area contributed by atoms with Crippen LogP contribution in [0.15, 0.2) is 97.1 Å². The summed E-state index contributed by atoms with van der Waals surface area (Å²) in [6, 6.07) is 27.7. The fourth-order valence-corrected chi connectivity index (χ4v) is 8.40. The van der Waals surface area contributed by atoms with Gasteiger partial charge in [0, 0.05) is 6.42 Å². The Balaban J connectivity index is 1.37. The van der Waals surface area contributed by atoms with Gasteiger partial charge in [0.05, 0.1) is 27.6 Å². The first-order valence-electron chi connectivity index (χ1n) is 13.4. The molecule has 8 rings (SSSR count). The van der Waals surface area contributed by atoms with Crippen molar-refractivity contribution in [2.45, 2.75) is 22.2 Å². The van der Waals surface area contributed by atoms with E-state index in [1.165, 1.54) is 0 Å². The smallest absolute Gasteiger partial charge is 0.248 e. The van der Waals surface area contributed by atoms with Crippen molar-refractivity contribution in [3.8, 4) is 0 Å². The minimum atomic E-state index is -1.35. The summed E-state index contributed by atoms with van der Waals surface area (Å²) >= 11 is 27.7. The summed E-state index contributed by atoms with van der Waals surface area (Å²) in [5, 5.41) is 3.21. The van der Waals surface area contributed by atoms with Crippen molar-refractivity contribution in [3.05, 3.63) is 135 Å². The van der Waals surface area contributed by atoms with E-state index in [0.29, 0.717) is 22.3 Å². The van der Waals surface area contributed by atoms with E-state index in [4.69, 9.17) is 46.4 Å². The Hall–Kier alpha value is -3.35. The minimum absolute atomic E-state index is 0.0756. The summed E-state index contributed by atoms with van der Waals surface area (Å²) in [5.74, 6) is -3.70. The molecule has 3 aliphatic carbocycles. The SMILES string of the molecule is O=C(Nc1cccc(Cl)c1Cl)[C@@H](Cc1ccccc1)N1C(=O)[C@@H]2[C@H](C1=O)C1(Cl)c3ccccc3C2(Cl)c2ccccc21. The summed E-state index contributed by atoms with van der Waals surface area (Å²) in [6.45, 7) is 0. The van der Waals surface area contributed by atoms with Crippen LogP contribution < -0.4 is 5.32 Å². The Morgan fingerprint density at radius 1 is 0.714 bits per heavy atom. The number of anilines is 1. The lowest BCUT2D eigenvalue weighted by molar-refractivity contribution is -0.146. The van der Waals surface area contributed by atoms with Crippen molar-refractivity contribution < 1.29 is 14.4 Å². The molecule has 4 aromatic rings. The van der Waals surface area contributed by atoms with E-state index in [2.05, 4.69) is 5.32 Å². The van der Waals surface area contributed by atoms with Crippen LogP contribution in [0.5, 0.6) is 0 Å². The molecule has 3 amide bonds. The molecule has 0 radical (unpaired) electrons. The van der Waals surface area contributed by atoms with Gasteiger partial charge in [0.25, 0.3) is 0 Å². The van der Waals surface area contributed by atoms with Gasteiger partial charge in [-0.2, -0.15) is 0 Å². The van der Waals surface area contributed by atoms with Crippen molar-refractivity contribution in [2.75, 3.05) is 5.32 Å². The van der Waals surface area contributed by atoms with Gasteiger partial charge < -0.3 is 5.32 Å². The second-order valence-corrected chi connectivity index (χ2v) is 12.8. The molecule has 5 nitrogen and oxygen atoms in total. The maximum Gasteiger partial charge on any atom is 0.248 e. The number of rotatable bonds is 5. The third kappa shape index (κ3) is 3.67. The summed E-state index contributed by atoms with van der Waals surface area (Å²) in [4.78, 5) is 41.5. The molecule has 1 heterocycles. The highest BCUT2D eigenvalue weighted by atomic mass is 35.5. The first-order valence-corrected chi connectivity index (χ1v) is 14.9. The molecule has 1 saturated heterocycles. The molecule has 9 heteroatoms. The van der Waals surface area contributed by atoms with Gasteiger partial charge in [-0.15, -0.1) is 23.2 Å². The molecule has 4 aromatic carbocycles. The van der Waals surface area contributed by atoms with Crippen LogP contribution in [0.2, 0.25) is 10.0 Å². The number of carbonyl (C=O) groups is 3. The number of imide groups is 1. The van der Waals surface area contributed by atoms with Crippen LogP contribution in [0.1, 0.15) is 27.8 Å². The maximum absolute atomic E-state index is 14.6.